The summed E-state index contributed by atoms with van der Waals surface area (Å²) in [6.45, 7) is 0.210. The summed E-state index contributed by atoms with van der Waals surface area (Å²) in [5, 5.41) is 9.08. The molecule has 3 aromatic rings. The normalized spacial score (nSPS) is 11.3. The van der Waals surface area contributed by atoms with Crippen molar-refractivity contribution < 1.29 is 27.2 Å². The van der Waals surface area contributed by atoms with Crippen LogP contribution >= 0.6 is 0 Å². The standard InChI is InChI=1S/C19H17F3N4O3/c20-19(21,22)13-6-7-15(26-10-3-9-24-26)14(12-13)25-17(27)5-1-8-23-18(28)16-4-2-11-29-16/h2-4,6-7,9-12H,1,5,8H2,(H,23,28)(H,25,27). The van der Waals surface area contributed by atoms with Crippen LogP contribution in [0.2, 0.25) is 0 Å². The van der Waals surface area contributed by atoms with Crippen LogP contribution in [-0.2, 0) is 11.0 Å². The third kappa shape index (κ3) is 5.24. The predicted octanol–water partition coefficient (Wildman–Crippen LogP) is 3.63. The Morgan fingerprint density at radius 2 is 2.00 bits per heavy atom. The lowest BCUT2D eigenvalue weighted by Gasteiger charge is -2.14. The molecule has 0 radical (unpaired) electrons. The van der Waals surface area contributed by atoms with E-state index in [0.717, 1.165) is 12.1 Å². The molecule has 2 heterocycles. The molecule has 7 nitrogen and oxygen atoms in total. The second-order valence-electron chi connectivity index (χ2n) is 6.07. The Morgan fingerprint density at radius 1 is 1.17 bits per heavy atom. The molecular formula is C19H17F3N4O3. The summed E-state index contributed by atoms with van der Waals surface area (Å²) in [5.74, 6) is -0.735. The van der Waals surface area contributed by atoms with Crippen LogP contribution in [0.3, 0.4) is 0 Å². The number of aromatic nitrogens is 2. The minimum absolute atomic E-state index is 0.00635. The molecular weight excluding hydrogens is 389 g/mol. The smallest absolute Gasteiger partial charge is 0.416 e. The first-order chi connectivity index (χ1) is 13.8. The van der Waals surface area contributed by atoms with Crippen molar-refractivity contribution in [2.45, 2.75) is 19.0 Å². The Bertz CT molecular complexity index is 967. The second kappa shape index (κ2) is 8.63. The van der Waals surface area contributed by atoms with E-state index in [-0.39, 0.29) is 24.4 Å². The highest BCUT2D eigenvalue weighted by Crippen LogP contribution is 2.33. The van der Waals surface area contributed by atoms with E-state index in [4.69, 9.17) is 4.42 Å². The van der Waals surface area contributed by atoms with Gasteiger partial charge in [-0.25, -0.2) is 4.68 Å². The Hall–Kier alpha value is -3.56. The summed E-state index contributed by atoms with van der Waals surface area (Å²) < 4.78 is 45.4. The highest BCUT2D eigenvalue weighted by molar-refractivity contribution is 5.93. The number of nitrogens with zero attached hydrogens (tertiary/aromatic N) is 2. The van der Waals surface area contributed by atoms with E-state index < -0.39 is 23.6 Å². The number of halogens is 3. The summed E-state index contributed by atoms with van der Waals surface area (Å²) in [7, 11) is 0. The number of nitrogens with one attached hydrogen (secondary N) is 2. The minimum atomic E-state index is -4.54. The van der Waals surface area contributed by atoms with E-state index >= 15 is 0 Å². The van der Waals surface area contributed by atoms with Gasteiger partial charge in [-0.2, -0.15) is 18.3 Å². The molecule has 0 aliphatic carbocycles. The first-order valence-electron chi connectivity index (χ1n) is 8.67. The average Bonchev–Trinajstić information content (AvgIpc) is 3.38. The van der Waals surface area contributed by atoms with E-state index in [2.05, 4.69) is 15.7 Å². The van der Waals surface area contributed by atoms with E-state index in [0.29, 0.717) is 12.1 Å². The molecule has 10 heteroatoms. The Kier molecular flexibility index (Phi) is 6.01. The van der Waals surface area contributed by atoms with Gasteiger partial charge in [-0.05, 0) is 42.8 Å². The van der Waals surface area contributed by atoms with Gasteiger partial charge in [0.2, 0.25) is 5.91 Å². The number of hydrogen-bond donors (Lipinski definition) is 2. The lowest BCUT2D eigenvalue weighted by atomic mass is 10.1. The summed E-state index contributed by atoms with van der Waals surface area (Å²) in [6.07, 6.45) is 0.168. The number of alkyl halides is 3. The Labute approximate surface area is 163 Å². The zero-order chi connectivity index (χ0) is 20.9. The van der Waals surface area contributed by atoms with Crippen molar-refractivity contribution >= 4 is 17.5 Å². The fourth-order valence-electron chi connectivity index (χ4n) is 2.58. The number of anilines is 1. The summed E-state index contributed by atoms with van der Waals surface area (Å²) in [4.78, 5) is 23.9. The van der Waals surface area contributed by atoms with Crippen LogP contribution in [0.1, 0.15) is 29.0 Å². The molecule has 0 saturated heterocycles. The molecule has 29 heavy (non-hydrogen) atoms. The first kappa shape index (κ1) is 20.2. The van der Waals surface area contributed by atoms with Crippen molar-refractivity contribution in [2.75, 3.05) is 11.9 Å². The molecule has 3 rings (SSSR count). The van der Waals surface area contributed by atoms with Crippen molar-refractivity contribution in [1.82, 2.24) is 15.1 Å². The van der Waals surface area contributed by atoms with Crippen LogP contribution in [-0.4, -0.2) is 28.1 Å². The molecule has 0 spiro atoms. The van der Waals surface area contributed by atoms with E-state index in [1.807, 2.05) is 0 Å². The largest absolute Gasteiger partial charge is 0.459 e. The molecule has 2 N–H and O–H groups in total. The van der Waals surface area contributed by atoms with Crippen LogP contribution in [0.25, 0.3) is 5.69 Å². The van der Waals surface area contributed by atoms with Gasteiger partial charge in [0.05, 0.1) is 23.2 Å². The third-order valence-corrected chi connectivity index (χ3v) is 3.96. The average molecular weight is 406 g/mol. The van der Waals surface area contributed by atoms with Crippen LogP contribution in [0.5, 0.6) is 0 Å². The van der Waals surface area contributed by atoms with Gasteiger partial charge in [-0.3, -0.25) is 9.59 Å². The first-order valence-corrected chi connectivity index (χ1v) is 8.67. The van der Waals surface area contributed by atoms with Crippen LogP contribution in [0, 0.1) is 0 Å². The van der Waals surface area contributed by atoms with Gasteiger partial charge in [0.1, 0.15) is 0 Å². The van der Waals surface area contributed by atoms with Crippen molar-refractivity contribution in [1.29, 1.82) is 0 Å². The Balaban J connectivity index is 1.62. The number of carbonyl (C=O) groups is 2. The van der Waals surface area contributed by atoms with Crippen LogP contribution in [0.4, 0.5) is 18.9 Å². The molecule has 0 bridgehead atoms. The molecule has 0 unspecified atom stereocenters. The summed E-state index contributed by atoms with van der Waals surface area (Å²) >= 11 is 0. The molecule has 0 aliphatic heterocycles. The quantitative estimate of drug-likeness (QED) is 0.587. The number of rotatable bonds is 7. The molecule has 152 valence electrons. The fraction of sp³-hybridized carbons (Fsp3) is 0.211. The highest BCUT2D eigenvalue weighted by Gasteiger charge is 2.31. The summed E-state index contributed by atoms with van der Waals surface area (Å²) in [6, 6.07) is 7.74. The van der Waals surface area contributed by atoms with E-state index in [9.17, 15) is 22.8 Å². The highest BCUT2D eigenvalue weighted by atomic mass is 19.4. The number of carbonyl (C=O) groups excluding carboxylic acids is 2. The maximum absolute atomic E-state index is 13.0. The van der Waals surface area contributed by atoms with Gasteiger partial charge in [0.15, 0.2) is 5.76 Å². The lowest BCUT2D eigenvalue weighted by molar-refractivity contribution is -0.137. The molecule has 0 fully saturated rings. The van der Waals surface area contributed by atoms with Gasteiger partial charge >= 0.3 is 6.18 Å². The lowest BCUT2D eigenvalue weighted by Crippen LogP contribution is -2.25. The monoisotopic (exact) mass is 406 g/mol. The maximum atomic E-state index is 13.0. The maximum Gasteiger partial charge on any atom is 0.416 e. The third-order valence-electron chi connectivity index (χ3n) is 3.96. The van der Waals surface area contributed by atoms with Crippen molar-refractivity contribution in [3.63, 3.8) is 0 Å². The van der Waals surface area contributed by atoms with E-state index in [1.54, 1.807) is 18.3 Å². The van der Waals surface area contributed by atoms with Gasteiger partial charge in [-0.1, -0.05) is 0 Å². The van der Waals surface area contributed by atoms with E-state index in [1.165, 1.54) is 29.3 Å². The minimum Gasteiger partial charge on any atom is -0.459 e. The molecule has 0 aliphatic rings. The molecule has 1 aromatic carbocycles. The van der Waals surface area contributed by atoms with Gasteiger partial charge in [0, 0.05) is 25.4 Å². The van der Waals surface area contributed by atoms with Gasteiger partial charge < -0.3 is 15.1 Å². The molecule has 2 amide bonds. The zero-order valence-corrected chi connectivity index (χ0v) is 15.1. The number of furan rings is 1. The molecule has 2 aromatic heterocycles. The van der Waals surface area contributed by atoms with Gasteiger partial charge in [-0.15, -0.1) is 0 Å². The number of hydrogen-bond acceptors (Lipinski definition) is 4. The predicted molar refractivity (Wildman–Crippen MR) is 97.5 cm³/mol. The summed E-state index contributed by atoms with van der Waals surface area (Å²) in [5.41, 5.74) is -0.579. The van der Waals surface area contributed by atoms with Gasteiger partial charge in [0.25, 0.3) is 5.91 Å². The SMILES string of the molecule is O=C(CCCNC(=O)c1ccco1)Nc1cc(C(F)(F)F)ccc1-n1cccn1. The van der Waals surface area contributed by atoms with Crippen molar-refractivity contribution in [2.24, 2.45) is 0 Å². The topological polar surface area (TPSA) is 89.2 Å². The molecule has 0 saturated carbocycles. The second-order valence-corrected chi connectivity index (χ2v) is 6.07. The van der Waals surface area contributed by atoms with Crippen molar-refractivity contribution in [3.05, 3.63) is 66.4 Å². The Morgan fingerprint density at radius 3 is 2.66 bits per heavy atom. The zero-order valence-electron chi connectivity index (χ0n) is 15.1. The van der Waals surface area contributed by atoms with Crippen LogP contribution in [0.15, 0.2) is 59.5 Å². The number of benzene rings is 1. The van der Waals surface area contributed by atoms with Crippen LogP contribution < -0.4 is 10.6 Å². The molecule has 0 atom stereocenters. The fourth-order valence-corrected chi connectivity index (χ4v) is 2.58. The number of amides is 2. The van der Waals surface area contributed by atoms with Crippen molar-refractivity contribution in [3.8, 4) is 5.69 Å².